The Morgan fingerprint density at radius 2 is 2.03 bits per heavy atom. The van der Waals surface area contributed by atoms with Gasteiger partial charge in [-0.2, -0.15) is 0 Å². The molecule has 3 amide bonds. The number of rotatable bonds is 7. The summed E-state index contributed by atoms with van der Waals surface area (Å²) in [6, 6.07) is 5.19. The minimum Gasteiger partial charge on any atom is -0.493 e. The van der Waals surface area contributed by atoms with Crippen molar-refractivity contribution < 1.29 is 28.6 Å². The van der Waals surface area contributed by atoms with E-state index in [4.69, 9.17) is 14.2 Å². The highest BCUT2D eigenvalue weighted by Gasteiger charge is 2.37. The van der Waals surface area contributed by atoms with Crippen molar-refractivity contribution in [1.29, 1.82) is 0 Å². The summed E-state index contributed by atoms with van der Waals surface area (Å²) in [4.78, 5) is 40.1. The van der Waals surface area contributed by atoms with Crippen LogP contribution in [0, 0.1) is 0 Å². The Morgan fingerprint density at radius 1 is 1.28 bits per heavy atom. The number of carbonyl (C=O) groups is 3. The molecule has 3 rings (SSSR count). The number of thioether (sulfide) groups is 1. The molecule has 2 saturated heterocycles. The van der Waals surface area contributed by atoms with Crippen LogP contribution in [0.3, 0.4) is 0 Å². The van der Waals surface area contributed by atoms with Crippen molar-refractivity contribution in [2.24, 2.45) is 0 Å². The third-order valence-corrected chi connectivity index (χ3v) is 5.28. The molecule has 0 bridgehead atoms. The third kappa shape index (κ3) is 4.99. The first-order valence-electron chi connectivity index (χ1n) is 9.06. The van der Waals surface area contributed by atoms with Crippen LogP contribution in [0.2, 0.25) is 0 Å². The van der Waals surface area contributed by atoms with Crippen molar-refractivity contribution in [3.8, 4) is 11.5 Å². The highest BCUT2D eigenvalue weighted by molar-refractivity contribution is 8.18. The lowest BCUT2D eigenvalue weighted by Crippen LogP contribution is -2.46. The Morgan fingerprint density at radius 3 is 2.72 bits per heavy atom. The van der Waals surface area contributed by atoms with Crippen LogP contribution in [0.4, 0.5) is 4.79 Å². The zero-order chi connectivity index (χ0) is 20.8. The van der Waals surface area contributed by atoms with E-state index in [1.54, 1.807) is 35.3 Å². The van der Waals surface area contributed by atoms with Crippen LogP contribution in [0.25, 0.3) is 6.08 Å². The molecule has 1 aromatic carbocycles. The van der Waals surface area contributed by atoms with Gasteiger partial charge in [-0.05, 0) is 35.5 Å². The molecule has 8 nitrogen and oxygen atoms in total. The van der Waals surface area contributed by atoms with Gasteiger partial charge in [0.05, 0.1) is 25.2 Å². The second kappa shape index (κ2) is 9.62. The summed E-state index contributed by atoms with van der Waals surface area (Å²) < 4.78 is 16.0. The molecule has 2 fully saturated rings. The Hall–Kier alpha value is -2.78. The average molecular weight is 418 g/mol. The van der Waals surface area contributed by atoms with Crippen molar-refractivity contribution in [3.63, 3.8) is 0 Å². The number of methoxy groups -OCH3 is 1. The molecule has 0 N–H and O–H groups in total. The lowest BCUT2D eigenvalue weighted by molar-refractivity contribution is -0.139. The number of hydrogen-bond donors (Lipinski definition) is 0. The smallest absolute Gasteiger partial charge is 0.294 e. The number of amides is 3. The lowest BCUT2D eigenvalue weighted by atomic mass is 10.2. The van der Waals surface area contributed by atoms with Crippen molar-refractivity contribution in [2.75, 3.05) is 46.6 Å². The predicted octanol–water partition coefficient (Wildman–Crippen LogP) is 2.16. The molecule has 0 aliphatic carbocycles. The standard InChI is InChI=1S/C20H22N2O6S/c1-3-8-28-15-5-4-14(11-16(15)26-2)12-17-19(24)22(20(25)29-17)13-18(23)21-6-9-27-10-7-21/h3-5,11-12H,1,6-10,13H2,2H3/b17-12-. The maximum atomic E-state index is 12.7. The number of morpholine rings is 1. The summed E-state index contributed by atoms with van der Waals surface area (Å²) >= 11 is 0.815. The molecule has 0 atom stereocenters. The summed E-state index contributed by atoms with van der Waals surface area (Å²) in [6.45, 7) is 5.53. The first kappa shape index (κ1) is 20.9. The van der Waals surface area contributed by atoms with E-state index < -0.39 is 11.1 Å². The van der Waals surface area contributed by atoms with Gasteiger partial charge < -0.3 is 19.1 Å². The molecule has 29 heavy (non-hydrogen) atoms. The van der Waals surface area contributed by atoms with E-state index in [1.165, 1.54) is 7.11 Å². The van der Waals surface area contributed by atoms with Crippen molar-refractivity contribution in [3.05, 3.63) is 41.3 Å². The molecule has 2 aliphatic rings. The zero-order valence-electron chi connectivity index (χ0n) is 16.1. The van der Waals surface area contributed by atoms with Gasteiger partial charge in [0.1, 0.15) is 13.2 Å². The van der Waals surface area contributed by atoms with Crippen molar-refractivity contribution in [1.82, 2.24) is 9.80 Å². The van der Waals surface area contributed by atoms with Gasteiger partial charge in [0, 0.05) is 13.1 Å². The third-order valence-electron chi connectivity index (χ3n) is 4.37. The van der Waals surface area contributed by atoms with E-state index >= 15 is 0 Å². The topological polar surface area (TPSA) is 85.4 Å². The van der Waals surface area contributed by atoms with E-state index in [0.717, 1.165) is 16.7 Å². The Balaban J connectivity index is 1.72. The van der Waals surface area contributed by atoms with E-state index in [1.807, 2.05) is 0 Å². The number of nitrogens with zero attached hydrogens (tertiary/aromatic N) is 2. The zero-order valence-corrected chi connectivity index (χ0v) is 16.9. The number of imide groups is 1. The highest BCUT2D eigenvalue weighted by atomic mass is 32.2. The van der Waals surface area contributed by atoms with Gasteiger partial charge in [-0.1, -0.05) is 18.7 Å². The lowest BCUT2D eigenvalue weighted by Gasteiger charge is -2.28. The highest BCUT2D eigenvalue weighted by Crippen LogP contribution is 2.34. The molecule has 0 aromatic heterocycles. The molecule has 2 aliphatic heterocycles. The van der Waals surface area contributed by atoms with Crippen LogP contribution in [0.1, 0.15) is 5.56 Å². The van der Waals surface area contributed by atoms with Gasteiger partial charge in [0.25, 0.3) is 11.1 Å². The quantitative estimate of drug-likeness (QED) is 0.495. The molecule has 9 heteroatoms. The minimum absolute atomic E-state index is 0.256. The molecule has 0 saturated carbocycles. The second-order valence-corrected chi connectivity index (χ2v) is 7.26. The second-order valence-electron chi connectivity index (χ2n) is 6.27. The Labute approximate surface area is 173 Å². The average Bonchev–Trinajstić information content (AvgIpc) is 3.00. The van der Waals surface area contributed by atoms with Crippen LogP contribution in [-0.4, -0.2) is 73.4 Å². The minimum atomic E-state index is -0.479. The molecule has 0 unspecified atom stereocenters. The first-order chi connectivity index (χ1) is 14.0. The molecule has 0 radical (unpaired) electrons. The van der Waals surface area contributed by atoms with E-state index in [9.17, 15) is 14.4 Å². The van der Waals surface area contributed by atoms with E-state index in [2.05, 4.69) is 6.58 Å². The summed E-state index contributed by atoms with van der Waals surface area (Å²) in [5.41, 5.74) is 0.679. The number of benzene rings is 1. The number of hydrogen-bond acceptors (Lipinski definition) is 7. The predicted molar refractivity (Wildman–Crippen MR) is 109 cm³/mol. The molecule has 0 spiro atoms. The maximum absolute atomic E-state index is 12.7. The molecular formula is C20H22N2O6S. The molecule has 2 heterocycles. The fraction of sp³-hybridized carbons (Fsp3) is 0.350. The SMILES string of the molecule is C=CCOc1ccc(/C=C2\SC(=O)N(CC(=O)N3CCOCC3)C2=O)cc1OC. The summed E-state index contributed by atoms with van der Waals surface area (Å²) in [5, 5.41) is -0.458. The fourth-order valence-electron chi connectivity index (χ4n) is 2.88. The summed E-state index contributed by atoms with van der Waals surface area (Å²) in [5.74, 6) is 0.311. The first-order valence-corrected chi connectivity index (χ1v) is 9.87. The van der Waals surface area contributed by atoms with E-state index in [0.29, 0.717) is 50.0 Å². The molecule has 1 aromatic rings. The van der Waals surface area contributed by atoms with Crippen LogP contribution in [0.15, 0.2) is 35.8 Å². The van der Waals surface area contributed by atoms with Gasteiger partial charge in [-0.3, -0.25) is 19.3 Å². The van der Waals surface area contributed by atoms with Gasteiger partial charge in [-0.15, -0.1) is 0 Å². The van der Waals surface area contributed by atoms with Crippen LogP contribution < -0.4 is 9.47 Å². The number of carbonyl (C=O) groups excluding carboxylic acids is 3. The fourth-order valence-corrected chi connectivity index (χ4v) is 3.72. The Bertz CT molecular complexity index is 847. The van der Waals surface area contributed by atoms with E-state index in [-0.39, 0.29) is 17.4 Å². The molecular weight excluding hydrogens is 396 g/mol. The Kier molecular flexibility index (Phi) is 6.95. The maximum Gasteiger partial charge on any atom is 0.294 e. The van der Waals surface area contributed by atoms with Crippen LogP contribution in [0.5, 0.6) is 11.5 Å². The van der Waals surface area contributed by atoms with Crippen molar-refractivity contribution in [2.45, 2.75) is 0 Å². The van der Waals surface area contributed by atoms with Crippen molar-refractivity contribution >= 4 is 34.9 Å². The van der Waals surface area contributed by atoms with Gasteiger partial charge in [0.15, 0.2) is 11.5 Å². The van der Waals surface area contributed by atoms with Crippen LogP contribution >= 0.6 is 11.8 Å². The number of ether oxygens (including phenoxy) is 3. The van der Waals surface area contributed by atoms with Gasteiger partial charge in [0.2, 0.25) is 5.91 Å². The summed E-state index contributed by atoms with van der Waals surface area (Å²) in [7, 11) is 1.52. The molecule has 154 valence electrons. The normalized spacial score (nSPS) is 18.3. The summed E-state index contributed by atoms with van der Waals surface area (Å²) in [6.07, 6.45) is 3.23. The monoisotopic (exact) mass is 418 g/mol. The van der Waals surface area contributed by atoms with Gasteiger partial charge >= 0.3 is 0 Å². The van der Waals surface area contributed by atoms with Crippen LogP contribution in [-0.2, 0) is 14.3 Å². The largest absolute Gasteiger partial charge is 0.493 e. The van der Waals surface area contributed by atoms with Gasteiger partial charge in [-0.25, -0.2) is 0 Å².